The minimum absolute atomic E-state index is 0.291. The molecule has 0 aliphatic heterocycles. The Balaban J connectivity index is 2.24. The predicted octanol–water partition coefficient (Wildman–Crippen LogP) is 2.43. The third-order valence-electron chi connectivity index (χ3n) is 4.05. The summed E-state index contributed by atoms with van der Waals surface area (Å²) in [4.78, 5) is 15.5. The van der Waals surface area contributed by atoms with Crippen LogP contribution in [0.3, 0.4) is 0 Å². The molecule has 1 aromatic carbocycles. The van der Waals surface area contributed by atoms with Gasteiger partial charge in [-0.3, -0.25) is 5.43 Å². The minimum Gasteiger partial charge on any atom is -0.462 e. The fraction of sp³-hybridized carbons (Fsp3) is 0.500. The summed E-state index contributed by atoms with van der Waals surface area (Å²) in [6.45, 7) is 9.16. The number of nitrogens with one attached hydrogen (secondary N) is 2. The number of hydrogen-bond donors (Lipinski definition) is 3. The van der Waals surface area contributed by atoms with Crippen LogP contribution in [0.4, 0.5) is 17.3 Å². The van der Waals surface area contributed by atoms with E-state index in [2.05, 4.69) is 49.5 Å². The molecule has 0 atom stereocenters. The fourth-order valence-corrected chi connectivity index (χ4v) is 2.65. The van der Waals surface area contributed by atoms with Gasteiger partial charge in [-0.25, -0.2) is 0 Å². The number of benzene rings is 1. The maximum atomic E-state index is 5.98. The average molecular weight is 401 g/mol. The molecule has 158 valence electrons. The van der Waals surface area contributed by atoms with Crippen LogP contribution in [0.25, 0.3) is 0 Å². The van der Waals surface area contributed by atoms with E-state index in [0.717, 1.165) is 37.2 Å². The van der Waals surface area contributed by atoms with Gasteiger partial charge in [-0.05, 0) is 44.5 Å². The molecule has 29 heavy (non-hydrogen) atoms. The fourth-order valence-electron chi connectivity index (χ4n) is 2.65. The lowest BCUT2D eigenvalue weighted by atomic mass is 10.2. The van der Waals surface area contributed by atoms with Crippen LogP contribution in [-0.4, -0.2) is 54.5 Å². The van der Waals surface area contributed by atoms with Crippen molar-refractivity contribution in [2.75, 3.05) is 49.3 Å². The van der Waals surface area contributed by atoms with Crippen LogP contribution >= 0.6 is 0 Å². The molecule has 0 unspecified atom stereocenters. The minimum atomic E-state index is 0.291. The Morgan fingerprint density at radius 2 is 1.93 bits per heavy atom. The standard InChI is InChI=1S/C20H32N8O/c1-5-10-28(11-6-2)19-24-18(25-20(26-19)29-12-9-22-4)14-23-27-17-13-15(3)7-8-16(17)21/h7-8,13-14,22,27H,5-6,9-12,21H2,1-4H3/b23-14+. The largest absolute Gasteiger partial charge is 0.462 e. The van der Waals surface area contributed by atoms with Crippen LogP contribution in [0.15, 0.2) is 23.3 Å². The summed E-state index contributed by atoms with van der Waals surface area (Å²) in [5, 5.41) is 7.29. The lowest BCUT2D eigenvalue weighted by Gasteiger charge is -2.21. The van der Waals surface area contributed by atoms with E-state index in [0.29, 0.717) is 36.6 Å². The molecule has 1 aromatic heterocycles. The summed E-state index contributed by atoms with van der Waals surface area (Å²) in [7, 11) is 1.87. The highest BCUT2D eigenvalue weighted by Gasteiger charge is 2.13. The Morgan fingerprint density at radius 3 is 2.62 bits per heavy atom. The zero-order valence-electron chi connectivity index (χ0n) is 17.8. The number of aromatic nitrogens is 3. The van der Waals surface area contributed by atoms with Gasteiger partial charge in [-0.1, -0.05) is 19.9 Å². The van der Waals surface area contributed by atoms with Gasteiger partial charge >= 0.3 is 6.01 Å². The second-order valence-corrected chi connectivity index (χ2v) is 6.68. The van der Waals surface area contributed by atoms with E-state index in [1.807, 2.05) is 32.2 Å². The third kappa shape index (κ3) is 7.19. The molecule has 2 aromatic rings. The number of rotatable bonds is 12. The molecular formula is C20H32N8O. The van der Waals surface area contributed by atoms with Gasteiger partial charge in [-0.15, -0.1) is 0 Å². The van der Waals surface area contributed by atoms with Gasteiger partial charge in [0.1, 0.15) is 6.61 Å². The number of ether oxygens (including phenoxy) is 1. The van der Waals surface area contributed by atoms with E-state index in [9.17, 15) is 0 Å². The Labute approximate surface area is 172 Å². The molecule has 0 aliphatic rings. The van der Waals surface area contributed by atoms with Crippen molar-refractivity contribution in [1.29, 1.82) is 0 Å². The molecule has 0 saturated heterocycles. The van der Waals surface area contributed by atoms with E-state index < -0.39 is 0 Å². The van der Waals surface area contributed by atoms with Crippen molar-refractivity contribution in [2.45, 2.75) is 33.6 Å². The van der Waals surface area contributed by atoms with E-state index in [-0.39, 0.29) is 0 Å². The normalized spacial score (nSPS) is 11.0. The summed E-state index contributed by atoms with van der Waals surface area (Å²) in [5.41, 5.74) is 11.4. The number of anilines is 3. The highest BCUT2D eigenvalue weighted by atomic mass is 16.5. The van der Waals surface area contributed by atoms with Crippen molar-refractivity contribution in [3.63, 3.8) is 0 Å². The Hall–Kier alpha value is -2.94. The molecular weight excluding hydrogens is 368 g/mol. The van der Waals surface area contributed by atoms with Crippen LogP contribution in [-0.2, 0) is 0 Å². The van der Waals surface area contributed by atoms with Gasteiger partial charge in [0.15, 0.2) is 5.82 Å². The van der Waals surface area contributed by atoms with Crippen LogP contribution in [0.1, 0.15) is 38.1 Å². The quantitative estimate of drug-likeness (QED) is 0.215. The molecule has 2 rings (SSSR count). The van der Waals surface area contributed by atoms with Crippen LogP contribution in [0.2, 0.25) is 0 Å². The van der Waals surface area contributed by atoms with E-state index >= 15 is 0 Å². The summed E-state index contributed by atoms with van der Waals surface area (Å²) in [6, 6.07) is 6.02. The van der Waals surface area contributed by atoms with Crippen molar-refractivity contribution in [3.8, 4) is 6.01 Å². The van der Waals surface area contributed by atoms with Crippen LogP contribution < -0.4 is 26.1 Å². The maximum Gasteiger partial charge on any atom is 0.321 e. The molecule has 0 spiro atoms. The predicted molar refractivity (Wildman–Crippen MR) is 119 cm³/mol. The van der Waals surface area contributed by atoms with Gasteiger partial charge in [0, 0.05) is 19.6 Å². The summed E-state index contributed by atoms with van der Waals surface area (Å²) in [6.07, 6.45) is 3.55. The molecule has 0 radical (unpaired) electrons. The second-order valence-electron chi connectivity index (χ2n) is 6.68. The topological polar surface area (TPSA) is 114 Å². The van der Waals surface area contributed by atoms with Crippen molar-refractivity contribution < 1.29 is 4.74 Å². The number of nitrogens with two attached hydrogens (primary N) is 1. The van der Waals surface area contributed by atoms with Gasteiger partial charge in [0.2, 0.25) is 5.95 Å². The molecule has 0 amide bonds. The monoisotopic (exact) mass is 400 g/mol. The van der Waals surface area contributed by atoms with Crippen molar-refractivity contribution in [1.82, 2.24) is 20.3 Å². The van der Waals surface area contributed by atoms with Crippen molar-refractivity contribution in [3.05, 3.63) is 29.6 Å². The number of nitrogen functional groups attached to an aromatic ring is 1. The highest BCUT2D eigenvalue weighted by molar-refractivity contribution is 5.77. The smallest absolute Gasteiger partial charge is 0.321 e. The molecule has 9 heteroatoms. The Bertz CT molecular complexity index is 790. The average Bonchev–Trinajstić information content (AvgIpc) is 2.70. The first-order valence-corrected chi connectivity index (χ1v) is 10.0. The number of likely N-dealkylation sites (N-methyl/N-ethyl adjacent to an activating group) is 1. The summed E-state index contributed by atoms with van der Waals surface area (Å²) < 4.78 is 5.68. The molecule has 9 nitrogen and oxygen atoms in total. The maximum absolute atomic E-state index is 5.98. The molecule has 0 bridgehead atoms. The first-order valence-electron chi connectivity index (χ1n) is 10.0. The summed E-state index contributed by atoms with van der Waals surface area (Å²) in [5.74, 6) is 1.02. The number of nitrogens with zero attached hydrogens (tertiary/aromatic N) is 5. The molecule has 0 aliphatic carbocycles. The number of hydrazone groups is 1. The third-order valence-corrected chi connectivity index (χ3v) is 4.05. The Kier molecular flexibility index (Phi) is 9.10. The molecule has 4 N–H and O–H groups in total. The lowest BCUT2D eigenvalue weighted by Crippen LogP contribution is -2.28. The lowest BCUT2D eigenvalue weighted by molar-refractivity contribution is 0.292. The molecule has 1 heterocycles. The molecule has 0 fully saturated rings. The van der Waals surface area contributed by atoms with Crippen LogP contribution in [0.5, 0.6) is 6.01 Å². The van der Waals surface area contributed by atoms with E-state index in [1.54, 1.807) is 6.21 Å². The number of hydrogen-bond acceptors (Lipinski definition) is 9. The first kappa shape index (κ1) is 22.4. The van der Waals surface area contributed by atoms with Crippen LogP contribution in [0, 0.1) is 6.92 Å². The highest BCUT2D eigenvalue weighted by Crippen LogP contribution is 2.19. The molecule has 0 saturated carbocycles. The van der Waals surface area contributed by atoms with Gasteiger partial charge in [0.05, 0.1) is 17.6 Å². The van der Waals surface area contributed by atoms with Crippen molar-refractivity contribution in [2.24, 2.45) is 5.10 Å². The van der Waals surface area contributed by atoms with E-state index in [1.165, 1.54) is 0 Å². The van der Waals surface area contributed by atoms with Crippen molar-refractivity contribution >= 4 is 23.5 Å². The van der Waals surface area contributed by atoms with Gasteiger partial charge in [-0.2, -0.15) is 20.1 Å². The van der Waals surface area contributed by atoms with E-state index in [4.69, 9.17) is 10.5 Å². The second kappa shape index (κ2) is 11.8. The zero-order valence-corrected chi connectivity index (χ0v) is 17.8. The summed E-state index contributed by atoms with van der Waals surface area (Å²) >= 11 is 0. The Morgan fingerprint density at radius 1 is 1.17 bits per heavy atom. The van der Waals surface area contributed by atoms with Gasteiger partial charge in [0.25, 0.3) is 0 Å². The first-order chi connectivity index (χ1) is 14.1. The SMILES string of the molecule is CCCN(CCC)c1nc(/C=N/Nc2cc(C)ccc2N)nc(OCCNC)n1. The zero-order chi connectivity index (χ0) is 21.1. The number of aryl methyl sites for hydroxylation is 1. The van der Waals surface area contributed by atoms with Gasteiger partial charge < -0.3 is 20.7 Å².